The van der Waals surface area contributed by atoms with E-state index in [1.54, 1.807) is 13.2 Å². The topological polar surface area (TPSA) is 74.2 Å². The van der Waals surface area contributed by atoms with Gasteiger partial charge in [-0.1, -0.05) is 19.0 Å². The molecule has 0 fully saturated rings. The highest BCUT2D eigenvalue weighted by atomic mass is 79.9. The number of nitrogen functional groups attached to an aromatic ring is 1. The average molecular weight is 326 g/mol. The molecule has 1 atom stereocenters. The number of halogens is 1. The van der Waals surface area contributed by atoms with Gasteiger partial charge in [0.25, 0.3) is 5.89 Å². The van der Waals surface area contributed by atoms with Crippen molar-refractivity contribution in [3.05, 3.63) is 28.5 Å². The molecule has 0 saturated carbocycles. The second kappa shape index (κ2) is 5.71. The van der Waals surface area contributed by atoms with Crippen molar-refractivity contribution in [1.29, 1.82) is 0 Å². The highest BCUT2D eigenvalue weighted by molar-refractivity contribution is 9.10. The van der Waals surface area contributed by atoms with E-state index in [2.05, 4.69) is 26.1 Å². The number of aromatic nitrogens is 2. The predicted octanol–water partition coefficient (Wildman–Crippen LogP) is 3.42. The Hall–Kier alpha value is -1.40. The number of benzene rings is 1. The van der Waals surface area contributed by atoms with E-state index in [4.69, 9.17) is 15.0 Å². The number of anilines is 1. The monoisotopic (exact) mass is 325 g/mol. The fraction of sp³-hybridized carbons (Fsp3) is 0.385. The molecule has 1 unspecified atom stereocenters. The van der Waals surface area contributed by atoms with E-state index in [1.807, 2.05) is 26.0 Å². The van der Waals surface area contributed by atoms with Crippen molar-refractivity contribution < 1.29 is 9.26 Å². The number of rotatable bonds is 4. The molecule has 2 N–H and O–H groups in total. The summed E-state index contributed by atoms with van der Waals surface area (Å²) in [6.45, 7) is 4.09. The van der Waals surface area contributed by atoms with Crippen molar-refractivity contribution in [2.75, 3.05) is 12.8 Å². The molecule has 0 radical (unpaired) electrons. The number of ether oxygens (including phenoxy) is 1. The summed E-state index contributed by atoms with van der Waals surface area (Å²) in [5, 5.41) is 3.97. The normalized spacial score (nSPS) is 12.9. The molecule has 0 amide bonds. The van der Waals surface area contributed by atoms with E-state index < -0.39 is 0 Å². The van der Waals surface area contributed by atoms with Crippen LogP contribution in [0.25, 0.3) is 11.5 Å². The van der Waals surface area contributed by atoms with Gasteiger partial charge in [0, 0.05) is 22.8 Å². The van der Waals surface area contributed by atoms with Crippen molar-refractivity contribution in [3.63, 3.8) is 0 Å². The van der Waals surface area contributed by atoms with Crippen molar-refractivity contribution in [1.82, 2.24) is 10.1 Å². The van der Waals surface area contributed by atoms with Gasteiger partial charge in [0.1, 0.15) is 6.10 Å². The van der Waals surface area contributed by atoms with Crippen LogP contribution in [0.4, 0.5) is 5.69 Å². The largest absolute Gasteiger partial charge is 0.398 e. The lowest BCUT2D eigenvalue weighted by Crippen LogP contribution is -2.10. The van der Waals surface area contributed by atoms with Crippen LogP contribution in [0.3, 0.4) is 0 Å². The Bertz CT molecular complexity index is 569. The van der Waals surface area contributed by atoms with Crippen LogP contribution in [-0.2, 0) is 4.74 Å². The van der Waals surface area contributed by atoms with Crippen molar-refractivity contribution in [3.8, 4) is 11.5 Å². The van der Waals surface area contributed by atoms with E-state index in [9.17, 15) is 0 Å². The molecule has 5 nitrogen and oxygen atoms in total. The van der Waals surface area contributed by atoms with Crippen LogP contribution in [0, 0.1) is 5.92 Å². The Morgan fingerprint density at radius 1 is 1.37 bits per heavy atom. The Balaban J connectivity index is 2.32. The van der Waals surface area contributed by atoms with Crippen LogP contribution in [0.1, 0.15) is 25.8 Å². The van der Waals surface area contributed by atoms with Crippen LogP contribution in [-0.4, -0.2) is 17.3 Å². The second-order valence-corrected chi connectivity index (χ2v) is 5.45. The summed E-state index contributed by atoms with van der Waals surface area (Å²) < 4.78 is 11.5. The van der Waals surface area contributed by atoms with E-state index >= 15 is 0 Å². The lowest BCUT2D eigenvalue weighted by molar-refractivity contribution is 0.0556. The molecule has 2 aromatic rings. The molecule has 0 aliphatic heterocycles. The Labute approximate surface area is 120 Å². The van der Waals surface area contributed by atoms with Gasteiger partial charge >= 0.3 is 0 Å². The smallest absolute Gasteiger partial charge is 0.258 e. The van der Waals surface area contributed by atoms with Crippen LogP contribution in [0.15, 0.2) is 27.2 Å². The van der Waals surface area contributed by atoms with Crippen LogP contribution in [0.2, 0.25) is 0 Å². The van der Waals surface area contributed by atoms with Crippen molar-refractivity contribution >= 4 is 21.6 Å². The lowest BCUT2D eigenvalue weighted by Gasteiger charge is -2.14. The average Bonchev–Trinajstić information content (AvgIpc) is 2.82. The van der Waals surface area contributed by atoms with Gasteiger partial charge in [-0.25, -0.2) is 0 Å². The Kier molecular flexibility index (Phi) is 4.21. The van der Waals surface area contributed by atoms with Gasteiger partial charge in [-0.3, -0.25) is 0 Å². The van der Waals surface area contributed by atoms with Gasteiger partial charge in [0.15, 0.2) is 0 Å². The molecule has 0 bridgehead atoms. The highest BCUT2D eigenvalue weighted by Crippen LogP contribution is 2.28. The van der Waals surface area contributed by atoms with Crippen molar-refractivity contribution in [2.45, 2.75) is 20.0 Å². The summed E-state index contributed by atoms with van der Waals surface area (Å²) in [4.78, 5) is 4.37. The summed E-state index contributed by atoms with van der Waals surface area (Å²) in [6.07, 6.45) is -0.176. The maximum Gasteiger partial charge on any atom is 0.258 e. The first kappa shape index (κ1) is 14.0. The first-order valence-corrected chi connectivity index (χ1v) is 6.74. The Morgan fingerprint density at radius 2 is 2.11 bits per heavy atom. The standard InChI is InChI=1S/C13H16BrN3O2/c1-7(2)11(18-3)12-16-13(19-17-12)8-4-5-9(14)10(15)6-8/h4-7,11H,15H2,1-3H3. The fourth-order valence-electron chi connectivity index (χ4n) is 1.82. The summed E-state index contributed by atoms with van der Waals surface area (Å²) in [5.41, 5.74) is 7.26. The molecule has 2 rings (SSSR count). The van der Waals surface area contributed by atoms with Gasteiger partial charge in [-0.2, -0.15) is 4.98 Å². The van der Waals surface area contributed by atoms with E-state index in [0.29, 0.717) is 17.4 Å². The SMILES string of the molecule is COC(c1noc(-c2ccc(Br)c(N)c2)n1)C(C)C. The molecular weight excluding hydrogens is 310 g/mol. The van der Waals surface area contributed by atoms with Crippen LogP contribution >= 0.6 is 15.9 Å². The first-order valence-electron chi connectivity index (χ1n) is 5.94. The Morgan fingerprint density at radius 3 is 2.68 bits per heavy atom. The molecule has 0 spiro atoms. The minimum atomic E-state index is -0.176. The van der Waals surface area contributed by atoms with Gasteiger partial charge < -0.3 is 15.0 Å². The molecule has 6 heteroatoms. The number of nitrogens with two attached hydrogens (primary N) is 1. The maximum atomic E-state index is 5.84. The minimum Gasteiger partial charge on any atom is -0.398 e. The number of methoxy groups -OCH3 is 1. The molecule has 0 aliphatic carbocycles. The predicted molar refractivity (Wildman–Crippen MR) is 76.4 cm³/mol. The fourth-order valence-corrected chi connectivity index (χ4v) is 2.07. The maximum absolute atomic E-state index is 5.84. The summed E-state index contributed by atoms with van der Waals surface area (Å²) in [6, 6.07) is 5.51. The quantitative estimate of drug-likeness (QED) is 0.872. The zero-order valence-corrected chi connectivity index (χ0v) is 12.6. The van der Waals surface area contributed by atoms with Crippen LogP contribution in [0.5, 0.6) is 0 Å². The summed E-state index contributed by atoms with van der Waals surface area (Å²) in [5.74, 6) is 1.26. The lowest BCUT2D eigenvalue weighted by atomic mass is 10.1. The number of hydrogen-bond acceptors (Lipinski definition) is 5. The van der Waals surface area contributed by atoms with E-state index in [1.165, 1.54) is 0 Å². The zero-order valence-electron chi connectivity index (χ0n) is 11.1. The minimum absolute atomic E-state index is 0.176. The molecule has 1 heterocycles. The molecule has 1 aromatic carbocycles. The highest BCUT2D eigenvalue weighted by Gasteiger charge is 2.21. The first-order chi connectivity index (χ1) is 9.02. The second-order valence-electron chi connectivity index (χ2n) is 4.59. The summed E-state index contributed by atoms with van der Waals surface area (Å²) in [7, 11) is 1.64. The third-order valence-corrected chi connectivity index (χ3v) is 3.52. The van der Waals surface area contributed by atoms with Gasteiger partial charge in [-0.15, -0.1) is 0 Å². The van der Waals surface area contributed by atoms with Gasteiger partial charge in [0.2, 0.25) is 5.82 Å². The summed E-state index contributed by atoms with van der Waals surface area (Å²) >= 11 is 3.35. The third kappa shape index (κ3) is 2.96. The number of nitrogens with zero attached hydrogens (tertiary/aromatic N) is 2. The third-order valence-electron chi connectivity index (χ3n) is 2.80. The molecule has 102 valence electrons. The van der Waals surface area contributed by atoms with Gasteiger partial charge in [0.05, 0.1) is 0 Å². The van der Waals surface area contributed by atoms with Crippen LogP contribution < -0.4 is 5.73 Å². The van der Waals surface area contributed by atoms with Crippen molar-refractivity contribution in [2.24, 2.45) is 5.92 Å². The molecule has 0 aliphatic rings. The van der Waals surface area contributed by atoms with Gasteiger partial charge in [-0.05, 0) is 40.0 Å². The molecular formula is C13H16BrN3O2. The molecule has 0 saturated heterocycles. The van der Waals surface area contributed by atoms with E-state index in [0.717, 1.165) is 10.0 Å². The molecule has 1 aromatic heterocycles. The molecule has 19 heavy (non-hydrogen) atoms. The van der Waals surface area contributed by atoms with E-state index in [-0.39, 0.29) is 12.0 Å². The number of hydrogen-bond donors (Lipinski definition) is 1. The zero-order chi connectivity index (χ0) is 14.0.